The van der Waals surface area contributed by atoms with Gasteiger partial charge >= 0.3 is 0 Å². The molecule has 0 saturated heterocycles. The first-order chi connectivity index (χ1) is 9.03. The van der Waals surface area contributed by atoms with Crippen molar-refractivity contribution in [3.8, 4) is 17.1 Å². The molecule has 19 heavy (non-hydrogen) atoms. The minimum absolute atomic E-state index is 0.248. The monoisotopic (exact) mass is 259 g/mol. The quantitative estimate of drug-likeness (QED) is 0.852. The van der Waals surface area contributed by atoms with Crippen LogP contribution in [0.3, 0.4) is 0 Å². The van der Waals surface area contributed by atoms with Crippen LogP contribution >= 0.6 is 0 Å². The molecule has 1 saturated carbocycles. The van der Waals surface area contributed by atoms with Crippen molar-refractivity contribution in [2.45, 2.75) is 26.3 Å². The van der Waals surface area contributed by atoms with Crippen molar-refractivity contribution < 1.29 is 4.74 Å². The number of nitrogens with zero attached hydrogens (tertiary/aromatic N) is 4. The van der Waals surface area contributed by atoms with Gasteiger partial charge in [0, 0.05) is 5.69 Å². The van der Waals surface area contributed by atoms with Gasteiger partial charge in [0.25, 0.3) is 0 Å². The number of rotatable bonds is 3. The number of ether oxygens (including phenoxy) is 1. The van der Waals surface area contributed by atoms with Gasteiger partial charge in [-0.2, -0.15) is 0 Å². The second-order valence-corrected chi connectivity index (χ2v) is 5.62. The van der Waals surface area contributed by atoms with Gasteiger partial charge in [-0.05, 0) is 40.5 Å². The van der Waals surface area contributed by atoms with Crippen molar-refractivity contribution in [3.05, 3.63) is 18.2 Å². The summed E-state index contributed by atoms with van der Waals surface area (Å²) in [6, 6.07) is 5.82. The molecule has 6 nitrogen and oxygen atoms in total. The fourth-order valence-corrected chi connectivity index (χ4v) is 2.34. The van der Waals surface area contributed by atoms with Crippen molar-refractivity contribution in [2.24, 2.45) is 5.41 Å². The minimum atomic E-state index is 0.248. The second kappa shape index (κ2) is 3.94. The smallest absolute Gasteiger partial charge is 0.186 e. The van der Waals surface area contributed by atoms with E-state index in [1.165, 1.54) is 0 Å². The number of hydrogen-bond acceptors (Lipinski definition) is 5. The number of nitrogens with two attached hydrogens (primary N) is 1. The summed E-state index contributed by atoms with van der Waals surface area (Å²) in [5.41, 5.74) is 7.59. The Morgan fingerprint density at radius 2 is 2.16 bits per heavy atom. The normalized spacial score (nSPS) is 20.3. The number of hydrogen-bond donors (Lipinski definition) is 1. The number of nitrogen functional groups attached to an aromatic ring is 1. The average molecular weight is 259 g/mol. The van der Waals surface area contributed by atoms with E-state index in [2.05, 4.69) is 29.4 Å². The molecule has 2 aromatic rings. The number of tetrazole rings is 1. The lowest BCUT2D eigenvalue weighted by Gasteiger charge is -2.10. The fraction of sp³-hybridized carbons (Fsp3) is 0.462. The highest BCUT2D eigenvalue weighted by molar-refractivity contribution is 5.69. The van der Waals surface area contributed by atoms with Gasteiger partial charge < -0.3 is 10.5 Å². The predicted molar refractivity (Wildman–Crippen MR) is 71.7 cm³/mol. The number of anilines is 1. The summed E-state index contributed by atoms with van der Waals surface area (Å²) in [6.45, 7) is 4.42. The molecule has 1 atom stereocenters. The van der Waals surface area contributed by atoms with Gasteiger partial charge in [0.15, 0.2) is 5.82 Å². The van der Waals surface area contributed by atoms with Crippen LogP contribution in [0.25, 0.3) is 11.4 Å². The Kier molecular flexibility index (Phi) is 2.48. The van der Waals surface area contributed by atoms with E-state index in [0.717, 1.165) is 17.7 Å². The lowest BCUT2D eigenvalue weighted by molar-refractivity contribution is 0.415. The third-order valence-electron chi connectivity index (χ3n) is 3.71. The van der Waals surface area contributed by atoms with Gasteiger partial charge in [-0.15, -0.1) is 5.10 Å². The molecule has 0 amide bonds. The van der Waals surface area contributed by atoms with Crippen LogP contribution in [0.4, 0.5) is 5.69 Å². The molecular weight excluding hydrogens is 242 g/mol. The molecule has 1 unspecified atom stereocenters. The lowest BCUT2D eigenvalue weighted by atomic mass is 10.1. The number of methoxy groups -OCH3 is 1. The maximum Gasteiger partial charge on any atom is 0.186 e. The second-order valence-electron chi connectivity index (χ2n) is 5.62. The summed E-state index contributed by atoms with van der Waals surface area (Å²) in [4.78, 5) is 0. The zero-order chi connectivity index (χ0) is 13.6. The Hall–Kier alpha value is -2.11. The SMILES string of the molecule is COc1ccc(N)cc1-c1nnnn1C1CC1(C)C. The summed E-state index contributed by atoms with van der Waals surface area (Å²) in [5, 5.41) is 12.0. The number of aromatic nitrogens is 4. The largest absolute Gasteiger partial charge is 0.496 e. The Morgan fingerprint density at radius 1 is 1.42 bits per heavy atom. The van der Waals surface area contributed by atoms with Crippen LogP contribution in [0.5, 0.6) is 5.75 Å². The van der Waals surface area contributed by atoms with Gasteiger partial charge in [-0.3, -0.25) is 0 Å². The van der Waals surface area contributed by atoms with Gasteiger partial charge in [-0.1, -0.05) is 13.8 Å². The van der Waals surface area contributed by atoms with E-state index in [1.807, 2.05) is 16.8 Å². The van der Waals surface area contributed by atoms with Crippen molar-refractivity contribution in [2.75, 3.05) is 12.8 Å². The molecule has 2 N–H and O–H groups in total. The van der Waals surface area contributed by atoms with Crippen molar-refractivity contribution in [3.63, 3.8) is 0 Å². The first kappa shape index (κ1) is 12.0. The molecular formula is C13H17N5O. The Bertz CT molecular complexity index is 619. The van der Waals surface area contributed by atoms with E-state index in [-0.39, 0.29) is 5.41 Å². The summed E-state index contributed by atoms with van der Waals surface area (Å²) >= 11 is 0. The van der Waals surface area contributed by atoms with Crippen LogP contribution in [0.15, 0.2) is 18.2 Å². The summed E-state index contributed by atoms with van der Waals surface area (Å²) < 4.78 is 7.24. The topological polar surface area (TPSA) is 78.8 Å². The van der Waals surface area contributed by atoms with E-state index >= 15 is 0 Å². The van der Waals surface area contributed by atoms with Crippen molar-refractivity contribution in [1.29, 1.82) is 0 Å². The van der Waals surface area contributed by atoms with Crippen molar-refractivity contribution >= 4 is 5.69 Å². The van der Waals surface area contributed by atoms with Crippen molar-refractivity contribution in [1.82, 2.24) is 20.2 Å². The molecule has 1 fully saturated rings. The van der Waals surface area contributed by atoms with Gasteiger partial charge in [0.2, 0.25) is 0 Å². The molecule has 0 radical (unpaired) electrons. The average Bonchev–Trinajstić information content (AvgIpc) is 2.81. The maximum atomic E-state index is 5.85. The van der Waals surface area contributed by atoms with Crippen LogP contribution in [0.1, 0.15) is 26.3 Å². The van der Waals surface area contributed by atoms with Crippen LogP contribution in [0.2, 0.25) is 0 Å². The first-order valence-electron chi connectivity index (χ1n) is 6.24. The van der Waals surface area contributed by atoms with E-state index in [4.69, 9.17) is 10.5 Å². The summed E-state index contributed by atoms with van der Waals surface area (Å²) in [5.74, 6) is 1.43. The highest BCUT2D eigenvalue weighted by Gasteiger charge is 2.49. The van der Waals surface area contributed by atoms with Crippen LogP contribution in [-0.4, -0.2) is 27.3 Å². The molecule has 1 aliphatic carbocycles. The molecule has 1 heterocycles. The molecule has 0 bridgehead atoms. The first-order valence-corrected chi connectivity index (χ1v) is 6.24. The molecule has 100 valence electrons. The molecule has 0 aliphatic heterocycles. The standard InChI is InChI=1S/C13H17N5O/c1-13(2)7-11(13)18-12(15-16-17-18)9-6-8(14)4-5-10(9)19-3/h4-6,11H,7,14H2,1-3H3. The Labute approximate surface area is 111 Å². The van der Waals surface area contributed by atoms with Gasteiger partial charge in [-0.25, -0.2) is 4.68 Å². The van der Waals surface area contributed by atoms with Gasteiger partial charge in [0.05, 0.1) is 18.7 Å². The third-order valence-corrected chi connectivity index (χ3v) is 3.71. The summed E-state index contributed by atoms with van der Waals surface area (Å²) in [6.07, 6.45) is 1.08. The molecule has 1 aromatic carbocycles. The highest BCUT2D eigenvalue weighted by Crippen LogP contribution is 2.56. The maximum absolute atomic E-state index is 5.85. The van der Waals surface area contributed by atoms with E-state index in [9.17, 15) is 0 Å². The molecule has 0 spiro atoms. The third kappa shape index (κ3) is 1.93. The summed E-state index contributed by atoms with van der Waals surface area (Å²) in [7, 11) is 1.63. The van der Waals surface area contributed by atoms with E-state index in [1.54, 1.807) is 13.2 Å². The van der Waals surface area contributed by atoms with Crippen LogP contribution in [-0.2, 0) is 0 Å². The molecule has 1 aliphatic rings. The molecule has 6 heteroatoms. The van der Waals surface area contributed by atoms with Crippen LogP contribution < -0.4 is 10.5 Å². The predicted octanol–water partition coefficient (Wildman–Crippen LogP) is 1.90. The number of benzene rings is 1. The zero-order valence-electron chi connectivity index (χ0n) is 11.3. The van der Waals surface area contributed by atoms with Gasteiger partial charge in [0.1, 0.15) is 5.75 Å². The highest BCUT2D eigenvalue weighted by atomic mass is 16.5. The fourth-order valence-electron chi connectivity index (χ4n) is 2.34. The minimum Gasteiger partial charge on any atom is -0.496 e. The van der Waals surface area contributed by atoms with E-state index in [0.29, 0.717) is 17.6 Å². The molecule has 3 rings (SSSR count). The Balaban J connectivity index is 2.08. The lowest BCUT2D eigenvalue weighted by Crippen LogP contribution is -2.05. The van der Waals surface area contributed by atoms with E-state index < -0.39 is 0 Å². The molecule has 1 aromatic heterocycles. The van der Waals surface area contributed by atoms with Crippen LogP contribution in [0, 0.1) is 5.41 Å². The Morgan fingerprint density at radius 3 is 2.79 bits per heavy atom. The zero-order valence-corrected chi connectivity index (χ0v) is 11.3.